The number of hydrogen-bond acceptors (Lipinski definition) is 4. The van der Waals surface area contributed by atoms with Crippen LogP contribution in [0.4, 0.5) is 0 Å². The lowest BCUT2D eigenvalue weighted by atomic mass is 10.1. The first-order chi connectivity index (χ1) is 8.64. The SMILES string of the molecule is CCOC1CCCN(S(=O)(=O)N2CCNCC2)C1. The summed E-state index contributed by atoms with van der Waals surface area (Å²) in [5.41, 5.74) is 0. The molecule has 1 N–H and O–H groups in total. The molecule has 0 radical (unpaired) electrons. The van der Waals surface area contributed by atoms with Crippen LogP contribution >= 0.6 is 0 Å². The average molecular weight is 277 g/mol. The predicted molar refractivity (Wildman–Crippen MR) is 69.6 cm³/mol. The normalized spacial score (nSPS) is 28.4. The van der Waals surface area contributed by atoms with Crippen LogP contribution < -0.4 is 5.32 Å². The Balaban J connectivity index is 1.99. The fourth-order valence-electron chi connectivity index (χ4n) is 2.52. The van der Waals surface area contributed by atoms with E-state index in [4.69, 9.17) is 4.74 Å². The van der Waals surface area contributed by atoms with Crippen molar-refractivity contribution >= 4 is 10.2 Å². The van der Waals surface area contributed by atoms with Gasteiger partial charge in [-0.1, -0.05) is 0 Å². The van der Waals surface area contributed by atoms with E-state index in [2.05, 4.69) is 5.32 Å². The van der Waals surface area contributed by atoms with E-state index in [0.717, 1.165) is 25.9 Å². The largest absolute Gasteiger partial charge is 0.377 e. The molecule has 6 nitrogen and oxygen atoms in total. The van der Waals surface area contributed by atoms with E-state index in [1.165, 1.54) is 0 Å². The van der Waals surface area contributed by atoms with Gasteiger partial charge >= 0.3 is 0 Å². The molecule has 2 aliphatic heterocycles. The highest BCUT2D eigenvalue weighted by Crippen LogP contribution is 2.19. The second-order valence-corrected chi connectivity index (χ2v) is 6.66. The zero-order valence-corrected chi connectivity index (χ0v) is 11.8. The molecule has 0 aromatic heterocycles. The lowest BCUT2D eigenvalue weighted by Gasteiger charge is -2.36. The van der Waals surface area contributed by atoms with Crippen LogP contribution in [0.15, 0.2) is 0 Å². The van der Waals surface area contributed by atoms with Crippen LogP contribution in [0.3, 0.4) is 0 Å². The van der Waals surface area contributed by atoms with Crippen LogP contribution in [-0.2, 0) is 14.9 Å². The standard InChI is InChI=1S/C11H23N3O3S/c1-2-17-11-4-3-7-14(10-11)18(15,16)13-8-5-12-6-9-13/h11-12H,2-10H2,1H3. The molecule has 18 heavy (non-hydrogen) atoms. The van der Waals surface area contributed by atoms with Gasteiger partial charge in [0.25, 0.3) is 10.2 Å². The monoisotopic (exact) mass is 277 g/mol. The molecule has 0 aliphatic carbocycles. The molecule has 7 heteroatoms. The van der Waals surface area contributed by atoms with Gasteiger partial charge in [0, 0.05) is 45.9 Å². The third-order valence-electron chi connectivity index (χ3n) is 3.47. The van der Waals surface area contributed by atoms with Crippen LogP contribution in [0.5, 0.6) is 0 Å². The summed E-state index contributed by atoms with van der Waals surface area (Å²) in [4.78, 5) is 0. The Kier molecular flexibility index (Phi) is 4.97. The Labute approximate surface area is 109 Å². The zero-order chi connectivity index (χ0) is 13.0. The van der Waals surface area contributed by atoms with Gasteiger partial charge in [-0.3, -0.25) is 0 Å². The lowest BCUT2D eigenvalue weighted by Crippen LogP contribution is -2.54. The third-order valence-corrected chi connectivity index (χ3v) is 5.47. The molecule has 1 unspecified atom stereocenters. The summed E-state index contributed by atoms with van der Waals surface area (Å²) in [5, 5.41) is 3.17. The summed E-state index contributed by atoms with van der Waals surface area (Å²) in [5.74, 6) is 0. The molecule has 106 valence electrons. The maximum Gasteiger partial charge on any atom is 0.282 e. The molecule has 0 saturated carbocycles. The highest BCUT2D eigenvalue weighted by atomic mass is 32.2. The van der Waals surface area contributed by atoms with E-state index >= 15 is 0 Å². The molecule has 2 saturated heterocycles. The summed E-state index contributed by atoms with van der Waals surface area (Å²) < 4.78 is 33.6. The van der Waals surface area contributed by atoms with Crippen molar-refractivity contribution in [2.75, 3.05) is 45.9 Å². The first-order valence-electron chi connectivity index (χ1n) is 6.72. The number of nitrogens with zero attached hydrogens (tertiary/aromatic N) is 2. The first-order valence-corrected chi connectivity index (χ1v) is 8.12. The Hall–Kier alpha value is -0.210. The molecule has 2 fully saturated rings. The minimum absolute atomic E-state index is 0.0569. The molecule has 0 amide bonds. The number of nitrogens with one attached hydrogen (secondary N) is 1. The number of rotatable bonds is 4. The zero-order valence-electron chi connectivity index (χ0n) is 11.0. The molecule has 2 rings (SSSR count). The van der Waals surface area contributed by atoms with Crippen LogP contribution in [0.2, 0.25) is 0 Å². The van der Waals surface area contributed by atoms with Gasteiger partial charge in [0.1, 0.15) is 0 Å². The molecular formula is C11H23N3O3S. The Morgan fingerprint density at radius 1 is 1.22 bits per heavy atom. The van der Waals surface area contributed by atoms with Gasteiger partial charge in [-0.2, -0.15) is 17.0 Å². The Bertz CT molecular complexity index is 353. The highest BCUT2D eigenvalue weighted by molar-refractivity contribution is 7.86. The molecule has 0 aromatic rings. The number of ether oxygens (including phenoxy) is 1. The van der Waals surface area contributed by atoms with Gasteiger partial charge in [-0.25, -0.2) is 0 Å². The van der Waals surface area contributed by atoms with Crippen molar-refractivity contribution in [2.24, 2.45) is 0 Å². The van der Waals surface area contributed by atoms with Crippen LogP contribution in [0.25, 0.3) is 0 Å². The van der Waals surface area contributed by atoms with Crippen molar-refractivity contribution in [3.05, 3.63) is 0 Å². The fraction of sp³-hybridized carbons (Fsp3) is 1.00. The van der Waals surface area contributed by atoms with Crippen LogP contribution in [-0.4, -0.2) is 69.0 Å². The topological polar surface area (TPSA) is 61.9 Å². The van der Waals surface area contributed by atoms with E-state index in [1.54, 1.807) is 8.61 Å². The lowest BCUT2D eigenvalue weighted by molar-refractivity contribution is 0.0250. The van der Waals surface area contributed by atoms with Crippen LogP contribution in [0, 0.1) is 0 Å². The van der Waals surface area contributed by atoms with Crippen molar-refractivity contribution in [1.82, 2.24) is 13.9 Å². The highest BCUT2D eigenvalue weighted by Gasteiger charge is 2.34. The minimum Gasteiger partial charge on any atom is -0.377 e. The molecular weight excluding hydrogens is 254 g/mol. The summed E-state index contributed by atoms with van der Waals surface area (Å²) in [6, 6.07) is 0. The Morgan fingerprint density at radius 3 is 2.61 bits per heavy atom. The molecule has 0 bridgehead atoms. The molecule has 0 aromatic carbocycles. The van der Waals surface area contributed by atoms with Gasteiger partial charge in [0.2, 0.25) is 0 Å². The molecule has 0 spiro atoms. The van der Waals surface area contributed by atoms with Gasteiger partial charge in [-0.05, 0) is 19.8 Å². The molecule has 2 heterocycles. The average Bonchev–Trinajstić information content (AvgIpc) is 2.40. The van der Waals surface area contributed by atoms with Crippen molar-refractivity contribution in [2.45, 2.75) is 25.9 Å². The summed E-state index contributed by atoms with van der Waals surface area (Å²) in [6.07, 6.45) is 1.90. The van der Waals surface area contributed by atoms with Gasteiger partial charge in [-0.15, -0.1) is 0 Å². The summed E-state index contributed by atoms with van der Waals surface area (Å²) >= 11 is 0. The second-order valence-electron chi connectivity index (χ2n) is 4.73. The van der Waals surface area contributed by atoms with Gasteiger partial charge in [0.05, 0.1) is 6.10 Å². The fourth-order valence-corrected chi connectivity index (χ4v) is 4.21. The second kappa shape index (κ2) is 6.29. The smallest absolute Gasteiger partial charge is 0.282 e. The maximum absolute atomic E-state index is 12.5. The first kappa shape index (κ1) is 14.2. The van der Waals surface area contributed by atoms with E-state index in [-0.39, 0.29) is 6.10 Å². The number of hydrogen-bond donors (Lipinski definition) is 1. The van der Waals surface area contributed by atoms with E-state index < -0.39 is 10.2 Å². The van der Waals surface area contributed by atoms with Crippen molar-refractivity contribution in [1.29, 1.82) is 0 Å². The van der Waals surface area contributed by atoms with E-state index in [1.807, 2.05) is 6.92 Å². The van der Waals surface area contributed by atoms with Crippen molar-refractivity contribution in [3.63, 3.8) is 0 Å². The van der Waals surface area contributed by atoms with Crippen molar-refractivity contribution in [3.8, 4) is 0 Å². The van der Waals surface area contributed by atoms with Crippen molar-refractivity contribution < 1.29 is 13.2 Å². The number of piperidine rings is 1. The van der Waals surface area contributed by atoms with Gasteiger partial charge in [0.15, 0.2) is 0 Å². The maximum atomic E-state index is 12.5. The van der Waals surface area contributed by atoms with E-state index in [0.29, 0.717) is 32.8 Å². The van der Waals surface area contributed by atoms with E-state index in [9.17, 15) is 8.42 Å². The quantitative estimate of drug-likeness (QED) is 0.762. The minimum atomic E-state index is -3.29. The predicted octanol–water partition coefficient (Wildman–Crippen LogP) is -0.363. The summed E-state index contributed by atoms with van der Waals surface area (Å²) in [7, 11) is -3.29. The Morgan fingerprint density at radius 2 is 1.94 bits per heavy atom. The molecule has 2 aliphatic rings. The molecule has 1 atom stereocenters. The number of piperazine rings is 1. The van der Waals surface area contributed by atoms with Gasteiger partial charge < -0.3 is 10.1 Å². The third kappa shape index (κ3) is 3.21. The van der Waals surface area contributed by atoms with Crippen LogP contribution in [0.1, 0.15) is 19.8 Å². The summed E-state index contributed by atoms with van der Waals surface area (Å²) in [6.45, 7) is 6.33.